The van der Waals surface area contributed by atoms with E-state index in [0.717, 1.165) is 12.4 Å². The zero-order valence-corrected chi connectivity index (χ0v) is 9.73. The Bertz CT molecular complexity index is 295. The van der Waals surface area contributed by atoms with Gasteiger partial charge in [-0.15, -0.1) is 0 Å². The van der Waals surface area contributed by atoms with E-state index in [4.69, 9.17) is 9.84 Å². The third kappa shape index (κ3) is 3.64. The molecule has 0 aliphatic rings. The van der Waals surface area contributed by atoms with Crippen LogP contribution in [0, 0.1) is 5.41 Å². The predicted octanol–water partition coefficient (Wildman–Crippen LogP) is 1.44. The quantitative estimate of drug-likeness (QED) is 0.776. The number of aromatic nitrogens is 2. The molecular weight excluding hydrogens is 192 g/mol. The van der Waals surface area contributed by atoms with Crippen LogP contribution in [0.2, 0.25) is 0 Å². The third-order valence-electron chi connectivity index (χ3n) is 2.29. The first-order valence-electron chi connectivity index (χ1n) is 5.27. The number of aryl methyl sites for hydroxylation is 1. The first-order valence-corrected chi connectivity index (χ1v) is 5.27. The average Bonchev–Trinajstić information content (AvgIpc) is 2.65. The number of ether oxygens (including phenoxy) is 1. The van der Waals surface area contributed by atoms with Gasteiger partial charge in [0.05, 0.1) is 13.2 Å². The summed E-state index contributed by atoms with van der Waals surface area (Å²) in [7, 11) is 0. The van der Waals surface area contributed by atoms with Crippen LogP contribution in [0.4, 0.5) is 0 Å². The van der Waals surface area contributed by atoms with E-state index in [0.29, 0.717) is 13.2 Å². The van der Waals surface area contributed by atoms with Crippen molar-refractivity contribution in [2.45, 2.75) is 33.9 Å². The van der Waals surface area contributed by atoms with E-state index in [2.05, 4.69) is 11.9 Å². The van der Waals surface area contributed by atoms with Crippen molar-refractivity contribution >= 4 is 0 Å². The van der Waals surface area contributed by atoms with Crippen LogP contribution in [0.5, 0.6) is 0 Å². The minimum atomic E-state index is -0.177. The van der Waals surface area contributed by atoms with E-state index in [1.54, 1.807) is 6.20 Å². The summed E-state index contributed by atoms with van der Waals surface area (Å²) in [5, 5.41) is 9.05. The Balaban J connectivity index is 2.38. The monoisotopic (exact) mass is 212 g/mol. The van der Waals surface area contributed by atoms with Crippen LogP contribution in [-0.2, 0) is 17.9 Å². The molecule has 0 bridgehead atoms. The fourth-order valence-electron chi connectivity index (χ4n) is 1.23. The number of nitrogens with zero attached hydrogens (tertiary/aromatic N) is 2. The maximum atomic E-state index is 9.05. The lowest BCUT2D eigenvalue weighted by Crippen LogP contribution is -2.23. The summed E-state index contributed by atoms with van der Waals surface area (Å²) in [6.07, 6.45) is 3.72. The number of hydrogen-bond acceptors (Lipinski definition) is 3. The first kappa shape index (κ1) is 12.2. The van der Waals surface area contributed by atoms with Gasteiger partial charge in [0.2, 0.25) is 0 Å². The summed E-state index contributed by atoms with van der Waals surface area (Å²) in [6.45, 7) is 8.10. The number of aliphatic hydroxyl groups is 1. The number of imidazole rings is 1. The van der Waals surface area contributed by atoms with Crippen molar-refractivity contribution in [3.05, 3.63) is 18.2 Å². The molecule has 0 atom stereocenters. The lowest BCUT2D eigenvalue weighted by molar-refractivity contribution is 0.0164. The highest BCUT2D eigenvalue weighted by molar-refractivity contribution is 4.90. The molecule has 1 aromatic heterocycles. The van der Waals surface area contributed by atoms with Gasteiger partial charge in [-0.3, -0.25) is 0 Å². The number of hydrogen-bond donors (Lipinski definition) is 1. The van der Waals surface area contributed by atoms with Crippen LogP contribution in [0.1, 0.15) is 26.6 Å². The van der Waals surface area contributed by atoms with Crippen LogP contribution < -0.4 is 0 Å². The molecule has 0 unspecified atom stereocenters. The zero-order valence-electron chi connectivity index (χ0n) is 9.73. The summed E-state index contributed by atoms with van der Waals surface area (Å²) in [5.41, 5.74) is -0.177. The molecule has 0 aliphatic heterocycles. The van der Waals surface area contributed by atoms with Crippen LogP contribution in [0.3, 0.4) is 0 Å². The SMILES string of the molecule is CCn1ccnc1COCC(C)(C)CO. The predicted molar refractivity (Wildman–Crippen MR) is 58.4 cm³/mol. The van der Waals surface area contributed by atoms with Gasteiger partial charge >= 0.3 is 0 Å². The largest absolute Gasteiger partial charge is 0.396 e. The van der Waals surface area contributed by atoms with Crippen molar-refractivity contribution in [2.24, 2.45) is 5.41 Å². The van der Waals surface area contributed by atoms with Crippen LogP contribution >= 0.6 is 0 Å². The van der Waals surface area contributed by atoms with Crippen molar-refractivity contribution in [1.29, 1.82) is 0 Å². The van der Waals surface area contributed by atoms with Crippen molar-refractivity contribution in [3.8, 4) is 0 Å². The fourth-order valence-corrected chi connectivity index (χ4v) is 1.23. The van der Waals surface area contributed by atoms with E-state index in [9.17, 15) is 0 Å². The normalized spacial score (nSPS) is 12.0. The molecule has 0 saturated heterocycles. The molecule has 1 aromatic rings. The lowest BCUT2D eigenvalue weighted by Gasteiger charge is -2.21. The van der Waals surface area contributed by atoms with Crippen molar-refractivity contribution < 1.29 is 9.84 Å². The van der Waals surface area contributed by atoms with Gasteiger partial charge in [-0.05, 0) is 6.92 Å². The van der Waals surface area contributed by atoms with Crippen molar-refractivity contribution in [3.63, 3.8) is 0 Å². The molecule has 0 amide bonds. The molecule has 0 radical (unpaired) electrons. The Hall–Kier alpha value is -0.870. The second kappa shape index (κ2) is 5.28. The maximum Gasteiger partial charge on any atom is 0.134 e. The third-order valence-corrected chi connectivity index (χ3v) is 2.29. The molecule has 1 rings (SSSR count). The van der Waals surface area contributed by atoms with Gasteiger partial charge < -0.3 is 14.4 Å². The number of rotatable bonds is 6. The molecular formula is C11H20N2O2. The Morgan fingerprint density at radius 1 is 1.53 bits per heavy atom. The molecule has 1 N–H and O–H groups in total. The van der Waals surface area contributed by atoms with Crippen LogP contribution in [0.25, 0.3) is 0 Å². The Labute approximate surface area is 90.9 Å². The van der Waals surface area contributed by atoms with Gasteiger partial charge in [0.25, 0.3) is 0 Å². The molecule has 0 fully saturated rings. The lowest BCUT2D eigenvalue weighted by atomic mass is 9.97. The van der Waals surface area contributed by atoms with Gasteiger partial charge in [0, 0.05) is 24.4 Å². The Kier molecular flexibility index (Phi) is 4.29. The molecule has 4 nitrogen and oxygen atoms in total. The van der Waals surface area contributed by atoms with E-state index < -0.39 is 0 Å². The molecule has 0 saturated carbocycles. The van der Waals surface area contributed by atoms with Gasteiger partial charge in [-0.1, -0.05) is 13.8 Å². The van der Waals surface area contributed by atoms with Gasteiger partial charge in [-0.25, -0.2) is 4.98 Å². The highest BCUT2D eigenvalue weighted by Crippen LogP contribution is 2.14. The fraction of sp³-hybridized carbons (Fsp3) is 0.727. The summed E-state index contributed by atoms with van der Waals surface area (Å²) in [4.78, 5) is 4.21. The van der Waals surface area contributed by atoms with Crippen LogP contribution in [0.15, 0.2) is 12.4 Å². The summed E-state index contributed by atoms with van der Waals surface area (Å²) < 4.78 is 7.58. The molecule has 15 heavy (non-hydrogen) atoms. The smallest absolute Gasteiger partial charge is 0.134 e. The van der Waals surface area contributed by atoms with Gasteiger partial charge in [-0.2, -0.15) is 0 Å². The zero-order chi connectivity index (χ0) is 11.3. The summed E-state index contributed by atoms with van der Waals surface area (Å²) in [6, 6.07) is 0. The second-order valence-electron chi connectivity index (χ2n) is 4.44. The van der Waals surface area contributed by atoms with Crippen molar-refractivity contribution in [2.75, 3.05) is 13.2 Å². The second-order valence-corrected chi connectivity index (χ2v) is 4.44. The minimum Gasteiger partial charge on any atom is -0.396 e. The topological polar surface area (TPSA) is 47.3 Å². The molecule has 86 valence electrons. The van der Waals surface area contributed by atoms with Gasteiger partial charge in [0.15, 0.2) is 0 Å². The minimum absolute atomic E-state index is 0.134. The highest BCUT2D eigenvalue weighted by atomic mass is 16.5. The standard InChI is InChI=1S/C11H20N2O2/c1-4-13-6-5-12-10(13)7-15-9-11(2,3)8-14/h5-6,14H,4,7-9H2,1-3H3. The molecule has 0 aliphatic carbocycles. The average molecular weight is 212 g/mol. The van der Waals surface area contributed by atoms with E-state index >= 15 is 0 Å². The van der Waals surface area contributed by atoms with Crippen molar-refractivity contribution in [1.82, 2.24) is 9.55 Å². The molecule has 0 aromatic carbocycles. The Morgan fingerprint density at radius 3 is 2.87 bits per heavy atom. The van der Waals surface area contributed by atoms with E-state index in [1.807, 2.05) is 24.6 Å². The highest BCUT2D eigenvalue weighted by Gasteiger charge is 2.16. The van der Waals surface area contributed by atoms with E-state index in [1.165, 1.54) is 0 Å². The number of aliphatic hydroxyl groups excluding tert-OH is 1. The summed E-state index contributed by atoms with van der Waals surface area (Å²) in [5.74, 6) is 0.936. The van der Waals surface area contributed by atoms with E-state index in [-0.39, 0.29) is 12.0 Å². The molecule has 0 spiro atoms. The van der Waals surface area contributed by atoms with Crippen LogP contribution in [-0.4, -0.2) is 27.9 Å². The molecule has 1 heterocycles. The molecule has 4 heteroatoms. The first-order chi connectivity index (χ1) is 7.09. The summed E-state index contributed by atoms with van der Waals surface area (Å²) >= 11 is 0. The van der Waals surface area contributed by atoms with Gasteiger partial charge in [0.1, 0.15) is 12.4 Å². The maximum absolute atomic E-state index is 9.05. The Morgan fingerprint density at radius 2 is 2.27 bits per heavy atom.